The van der Waals surface area contributed by atoms with Crippen LogP contribution in [0.2, 0.25) is 0 Å². The van der Waals surface area contributed by atoms with E-state index in [4.69, 9.17) is 4.74 Å². The molecule has 7 atom stereocenters. The summed E-state index contributed by atoms with van der Waals surface area (Å²) in [6, 6.07) is 4.49. The highest BCUT2D eigenvalue weighted by Crippen LogP contribution is 2.82. The second-order valence-electron chi connectivity index (χ2n) is 16.9. The van der Waals surface area contributed by atoms with Crippen molar-refractivity contribution < 1.29 is 24.9 Å². The molecule has 236 valence electrons. The van der Waals surface area contributed by atoms with Crippen molar-refractivity contribution in [2.75, 3.05) is 6.61 Å². The number of phenols is 2. The van der Waals surface area contributed by atoms with Gasteiger partial charge >= 0.3 is 5.97 Å². The molecule has 0 amide bonds. The second kappa shape index (κ2) is 9.15. The third-order valence-electron chi connectivity index (χ3n) is 14.6. The van der Waals surface area contributed by atoms with Gasteiger partial charge in [0.25, 0.3) is 0 Å². The van der Waals surface area contributed by atoms with Gasteiger partial charge in [0, 0.05) is 22.3 Å². The fraction of sp³-hybridized carbons (Fsp3) is 0.615. The Kier molecular flexibility index (Phi) is 6.21. The van der Waals surface area contributed by atoms with Crippen molar-refractivity contribution in [3.05, 3.63) is 64.8 Å². The molecule has 7 rings (SSSR count). The van der Waals surface area contributed by atoms with Crippen molar-refractivity contribution in [3.63, 3.8) is 0 Å². The first-order chi connectivity index (χ1) is 20.6. The van der Waals surface area contributed by atoms with E-state index in [1.54, 1.807) is 17.7 Å². The average molecular weight is 599 g/mol. The summed E-state index contributed by atoms with van der Waals surface area (Å²) in [5, 5.41) is 30.2. The molecular weight excluding hydrogens is 548 g/mol. The molecule has 0 aromatic heterocycles. The van der Waals surface area contributed by atoms with Crippen LogP contribution in [0.15, 0.2) is 59.2 Å². The normalized spacial score (nSPS) is 43.2. The fourth-order valence-corrected chi connectivity index (χ4v) is 11.4. The minimum absolute atomic E-state index is 0.0484. The van der Waals surface area contributed by atoms with Gasteiger partial charge in [-0.25, -0.2) is 4.79 Å². The van der Waals surface area contributed by atoms with Crippen LogP contribution in [0.4, 0.5) is 0 Å². The van der Waals surface area contributed by atoms with Crippen LogP contribution in [0.5, 0.6) is 11.5 Å². The number of esters is 1. The number of allylic oxidation sites excluding steroid dienone is 5. The van der Waals surface area contributed by atoms with E-state index in [1.807, 2.05) is 0 Å². The number of rotatable bonds is 4. The summed E-state index contributed by atoms with van der Waals surface area (Å²) in [6.45, 7) is 15.3. The van der Waals surface area contributed by atoms with E-state index in [2.05, 4.69) is 59.8 Å². The fourth-order valence-electron chi connectivity index (χ4n) is 11.4. The molecule has 5 heteroatoms. The smallest absolute Gasteiger partial charge is 0.330 e. The van der Waals surface area contributed by atoms with Gasteiger partial charge < -0.3 is 20.1 Å². The topological polar surface area (TPSA) is 87.0 Å². The Bertz CT molecular complexity index is 1560. The molecule has 44 heavy (non-hydrogen) atoms. The van der Waals surface area contributed by atoms with Gasteiger partial charge in [0.1, 0.15) is 0 Å². The van der Waals surface area contributed by atoms with Crippen LogP contribution < -0.4 is 0 Å². The Hall–Kier alpha value is -2.79. The van der Waals surface area contributed by atoms with E-state index in [1.165, 1.54) is 29.4 Å². The van der Waals surface area contributed by atoms with Crippen molar-refractivity contribution in [2.24, 2.45) is 37.9 Å². The highest BCUT2D eigenvalue weighted by atomic mass is 16.5. The lowest BCUT2D eigenvalue weighted by Crippen LogP contribution is -2.63. The summed E-state index contributed by atoms with van der Waals surface area (Å²) in [5.41, 5.74) is 5.27. The molecule has 0 radical (unpaired) electrons. The number of carbonyl (C=O) groups is 1. The summed E-state index contributed by atoms with van der Waals surface area (Å²) in [4.78, 5) is 13.0. The summed E-state index contributed by atoms with van der Waals surface area (Å²) in [6.07, 6.45) is 19.7. The molecule has 3 saturated carbocycles. The first-order valence-corrected chi connectivity index (χ1v) is 16.8. The zero-order valence-electron chi connectivity index (χ0n) is 27.4. The van der Waals surface area contributed by atoms with E-state index < -0.39 is 0 Å². The minimum Gasteiger partial charge on any atom is -0.504 e. The number of aliphatic hydroxyl groups excluding tert-OH is 1. The van der Waals surface area contributed by atoms with Gasteiger partial charge in [-0.2, -0.15) is 0 Å². The Morgan fingerprint density at radius 2 is 1.61 bits per heavy atom. The Morgan fingerprint density at radius 1 is 0.886 bits per heavy atom. The number of aromatic hydroxyl groups is 2. The highest BCUT2D eigenvalue weighted by Gasteiger charge is 2.75. The second-order valence-corrected chi connectivity index (χ2v) is 16.9. The number of aliphatic hydroxyl groups is 1. The van der Waals surface area contributed by atoms with Crippen molar-refractivity contribution in [2.45, 2.75) is 105 Å². The van der Waals surface area contributed by atoms with Gasteiger partial charge in [0.15, 0.2) is 11.5 Å². The molecule has 1 spiro atoms. The number of fused-ring (bicyclic) bond motifs is 6. The predicted molar refractivity (Wildman–Crippen MR) is 173 cm³/mol. The zero-order valence-corrected chi connectivity index (χ0v) is 27.4. The molecule has 1 unspecified atom stereocenters. The van der Waals surface area contributed by atoms with Crippen molar-refractivity contribution in [1.82, 2.24) is 0 Å². The average Bonchev–Trinajstić information content (AvgIpc) is 3.72. The van der Waals surface area contributed by atoms with Crippen molar-refractivity contribution >= 4 is 12.0 Å². The molecule has 0 heterocycles. The van der Waals surface area contributed by atoms with Gasteiger partial charge in [-0.05, 0) is 120 Å². The summed E-state index contributed by atoms with van der Waals surface area (Å²) < 4.78 is 6.07. The molecule has 3 fully saturated rings. The predicted octanol–water partition coefficient (Wildman–Crippen LogP) is 8.41. The zero-order chi connectivity index (χ0) is 31.6. The lowest BCUT2D eigenvalue weighted by Gasteiger charge is -2.70. The monoisotopic (exact) mass is 598 g/mol. The molecule has 3 N–H and O–H groups in total. The number of benzene rings is 1. The van der Waals surface area contributed by atoms with Crippen LogP contribution in [-0.4, -0.2) is 34.0 Å². The van der Waals surface area contributed by atoms with E-state index in [0.29, 0.717) is 12.2 Å². The largest absolute Gasteiger partial charge is 0.504 e. The van der Waals surface area contributed by atoms with E-state index in [-0.39, 0.29) is 61.5 Å². The van der Waals surface area contributed by atoms with E-state index in [0.717, 1.165) is 57.8 Å². The third-order valence-corrected chi connectivity index (χ3v) is 14.6. The molecule has 5 nitrogen and oxygen atoms in total. The van der Waals surface area contributed by atoms with E-state index >= 15 is 0 Å². The molecule has 1 aromatic carbocycles. The SMILES string of the molecule is CC1(C)CC[C@]2(COC(=O)/C=C/c3ccc(O)c(O)c3)CC=C3C(=CC[C@@]4(C)[C@@]3(C)CCC35C=C3[C@@H](O)CC[C@@]54C)[C@]2(C)C1. The Balaban J connectivity index is 1.20. The number of phenolic OH excluding ortho intramolecular Hbond substituents is 2. The van der Waals surface area contributed by atoms with Crippen LogP contribution in [0.3, 0.4) is 0 Å². The lowest BCUT2D eigenvalue weighted by molar-refractivity contribution is -0.157. The van der Waals surface area contributed by atoms with Crippen LogP contribution in [-0.2, 0) is 9.53 Å². The number of hydrogen-bond acceptors (Lipinski definition) is 5. The maximum atomic E-state index is 13.0. The molecule has 0 aliphatic heterocycles. The summed E-state index contributed by atoms with van der Waals surface area (Å²) in [5.74, 6) is -0.788. The Morgan fingerprint density at radius 3 is 2.36 bits per heavy atom. The molecule has 6 aliphatic rings. The summed E-state index contributed by atoms with van der Waals surface area (Å²) >= 11 is 0. The molecule has 1 aromatic rings. The third kappa shape index (κ3) is 3.71. The van der Waals surface area contributed by atoms with Crippen LogP contribution in [0.1, 0.15) is 105 Å². The standard InChI is InChI=1S/C39H50O5/c1-33(2)17-19-38(24-44-32(43)10-8-25-7-9-30(41)31(42)21-25)16-12-26-27(35(38,4)23-33)11-14-36(5)34(26,3)18-20-39-22-28(39)29(40)13-15-37(36,39)6/h7-12,21-22,29,40-42H,13-20,23-24H2,1-6H3/b10-8+/t29-,34-,35-,36-,37+,38-,39?/m0/s1. The van der Waals surface area contributed by atoms with Crippen LogP contribution in [0, 0.1) is 37.9 Å². The van der Waals surface area contributed by atoms with Gasteiger partial charge in [0.2, 0.25) is 0 Å². The molecule has 6 aliphatic carbocycles. The van der Waals surface area contributed by atoms with Gasteiger partial charge in [-0.15, -0.1) is 0 Å². The van der Waals surface area contributed by atoms with Gasteiger partial charge in [-0.3, -0.25) is 0 Å². The summed E-state index contributed by atoms with van der Waals surface area (Å²) in [7, 11) is 0. The highest BCUT2D eigenvalue weighted by molar-refractivity contribution is 5.87. The quantitative estimate of drug-likeness (QED) is 0.140. The Labute approximate surface area is 262 Å². The minimum atomic E-state index is -0.385. The van der Waals surface area contributed by atoms with E-state index in [9.17, 15) is 20.1 Å². The van der Waals surface area contributed by atoms with Gasteiger partial charge in [-0.1, -0.05) is 65.8 Å². The molecule has 0 bridgehead atoms. The van der Waals surface area contributed by atoms with Gasteiger partial charge in [0.05, 0.1) is 12.7 Å². The van der Waals surface area contributed by atoms with Crippen molar-refractivity contribution in [3.8, 4) is 11.5 Å². The molecular formula is C39H50O5. The molecule has 0 saturated heterocycles. The first kappa shape index (κ1) is 29.9. The maximum Gasteiger partial charge on any atom is 0.330 e. The lowest BCUT2D eigenvalue weighted by atomic mass is 9.33. The number of carbonyl (C=O) groups excluding carboxylic acids is 1. The van der Waals surface area contributed by atoms with Crippen molar-refractivity contribution in [1.29, 1.82) is 0 Å². The van der Waals surface area contributed by atoms with Crippen LogP contribution >= 0.6 is 0 Å². The number of hydrogen-bond donors (Lipinski definition) is 3. The van der Waals surface area contributed by atoms with Crippen LogP contribution in [0.25, 0.3) is 6.08 Å². The maximum absolute atomic E-state index is 13.0. The first-order valence-electron chi connectivity index (χ1n) is 16.8. The number of ether oxygens (including phenoxy) is 1.